The number of phenols is 1. The van der Waals surface area contributed by atoms with Gasteiger partial charge in [0.25, 0.3) is 0 Å². The minimum atomic E-state index is -1.86. The van der Waals surface area contributed by atoms with Crippen LogP contribution in [0.2, 0.25) is 0 Å². The number of unbranched alkanes of at least 4 members (excludes halogenated alkanes) is 10. The number of carbonyl (C=O) groups is 12. The SMILES string of the molecule is CCCCCCCCCCCCC[C@@H]1CC(=O)NC(CC(N)=O)C(=O)N[C@H](Cc2ccc(O)cc2)C(=O)N[C@H](CC(N)=O)C(=O)N[C@@H](CCC(N)=O)C(=O)N2CCC[C@H]2C(=O)N[C@H](CC(N)=O)C(=O)N[C@@H](CO)C(=O)N1. The second-order valence-electron chi connectivity index (χ2n) is 19.4. The number of carbonyl (C=O) groups excluding carboxylic acids is 12. The van der Waals surface area contributed by atoms with Crippen molar-refractivity contribution in [2.45, 2.75) is 190 Å². The Morgan fingerprint density at radius 3 is 1.50 bits per heavy atom. The van der Waals surface area contributed by atoms with Crippen LogP contribution in [0.3, 0.4) is 0 Å². The van der Waals surface area contributed by atoms with Crippen molar-refractivity contribution in [2.75, 3.05) is 13.2 Å². The molecule has 0 bridgehead atoms. The number of nitrogens with zero attached hydrogens (tertiary/aromatic N) is 1. The van der Waals surface area contributed by atoms with Gasteiger partial charge in [-0.3, -0.25) is 57.5 Å². The largest absolute Gasteiger partial charge is 0.508 e. The van der Waals surface area contributed by atoms with E-state index < -0.39 is 164 Å². The fourth-order valence-electron chi connectivity index (χ4n) is 8.97. The molecule has 26 heteroatoms. The number of nitrogens with two attached hydrogens (primary N) is 4. The Kier molecular flexibility index (Phi) is 27.2. The van der Waals surface area contributed by atoms with Gasteiger partial charge in [-0.15, -0.1) is 0 Å². The van der Waals surface area contributed by atoms with Gasteiger partial charge in [0.15, 0.2) is 0 Å². The van der Waals surface area contributed by atoms with Crippen LogP contribution in [0.1, 0.15) is 141 Å². The molecule has 2 aliphatic rings. The maximum absolute atomic E-state index is 14.3. The van der Waals surface area contributed by atoms with Crippen LogP contribution in [-0.2, 0) is 64.0 Å². The summed E-state index contributed by atoms with van der Waals surface area (Å²) in [5.74, 6) is -12.6. The zero-order valence-corrected chi connectivity index (χ0v) is 43.2. The molecule has 1 aromatic carbocycles. The highest BCUT2D eigenvalue weighted by Crippen LogP contribution is 2.21. The number of amides is 12. The summed E-state index contributed by atoms with van der Waals surface area (Å²) in [6.07, 6.45) is 7.11. The van der Waals surface area contributed by atoms with Gasteiger partial charge in [-0.2, -0.15) is 0 Å². The molecule has 0 radical (unpaired) electrons. The van der Waals surface area contributed by atoms with Crippen molar-refractivity contribution in [2.24, 2.45) is 22.9 Å². The summed E-state index contributed by atoms with van der Waals surface area (Å²) in [5, 5.41) is 37.3. The standard InChI is InChI=1S/C50H78N12O14/c1-2-3-4-5-6-7-8-9-10-11-12-14-30-24-43(69)56-34(25-40(52)66)45(71)58-33(23-29-16-18-31(64)19-17-29)44(70)59-35(26-41(53)67)46(72)57-32(20-21-39(51)65)50(76)62-22-13-15-38(62)49(75)60-36(27-42(54)68)47(73)61-37(28-63)48(74)55-30/h16-19,30,32-38,63-64H,2-15,20-28H2,1H3,(H2,51,65)(H2,52,66)(H2,53,67)(H2,54,68)(H,55,74)(H,56,69)(H,57,72)(H,58,71)(H,59,70)(H,60,75)(H,61,73)/t30-,32+,33-,34?,35-,36-,37+,38+/m1/s1. The van der Waals surface area contributed by atoms with E-state index in [0.29, 0.717) is 18.4 Å². The lowest BCUT2D eigenvalue weighted by Gasteiger charge is -2.31. The normalized spacial score (nSPS) is 23.7. The smallest absolute Gasteiger partial charge is 0.245 e. The summed E-state index contributed by atoms with van der Waals surface area (Å²) < 4.78 is 0. The summed E-state index contributed by atoms with van der Waals surface area (Å²) in [5.41, 5.74) is 22.2. The van der Waals surface area contributed by atoms with E-state index in [0.717, 1.165) is 43.4 Å². The van der Waals surface area contributed by atoms with Crippen molar-refractivity contribution in [3.05, 3.63) is 29.8 Å². The van der Waals surface area contributed by atoms with Crippen molar-refractivity contribution in [3.63, 3.8) is 0 Å². The monoisotopic (exact) mass is 1070 g/mol. The zero-order chi connectivity index (χ0) is 56.3. The minimum absolute atomic E-state index is 0.00350. The van der Waals surface area contributed by atoms with Crippen LogP contribution in [0.5, 0.6) is 5.75 Å². The minimum Gasteiger partial charge on any atom is -0.508 e. The van der Waals surface area contributed by atoms with Crippen LogP contribution < -0.4 is 60.2 Å². The molecule has 2 fully saturated rings. The molecule has 0 saturated carbocycles. The Labute approximate surface area is 441 Å². The average Bonchev–Trinajstić information content (AvgIpc) is 3.85. The van der Waals surface area contributed by atoms with Gasteiger partial charge < -0.3 is 75.3 Å². The van der Waals surface area contributed by atoms with Crippen LogP contribution in [0, 0.1) is 0 Å². The number of hydrogen-bond donors (Lipinski definition) is 13. The third-order valence-electron chi connectivity index (χ3n) is 13.0. The summed E-state index contributed by atoms with van der Waals surface area (Å²) in [7, 11) is 0. The van der Waals surface area contributed by atoms with E-state index in [1.165, 1.54) is 43.5 Å². The van der Waals surface area contributed by atoms with Crippen molar-refractivity contribution in [3.8, 4) is 5.75 Å². The Balaban J connectivity index is 2.10. The second-order valence-corrected chi connectivity index (χ2v) is 19.4. The van der Waals surface area contributed by atoms with Crippen LogP contribution >= 0.6 is 0 Å². The van der Waals surface area contributed by atoms with E-state index in [4.69, 9.17) is 22.9 Å². The van der Waals surface area contributed by atoms with E-state index >= 15 is 0 Å². The van der Waals surface area contributed by atoms with Gasteiger partial charge in [0.05, 0.1) is 25.9 Å². The van der Waals surface area contributed by atoms with Gasteiger partial charge >= 0.3 is 0 Å². The summed E-state index contributed by atoms with van der Waals surface area (Å²) >= 11 is 0. The number of primary amides is 4. The molecule has 26 nitrogen and oxygen atoms in total. The molecule has 2 saturated heterocycles. The zero-order valence-electron chi connectivity index (χ0n) is 43.2. The molecule has 0 aromatic heterocycles. The van der Waals surface area contributed by atoms with Crippen molar-refractivity contribution >= 4 is 70.9 Å². The molecule has 76 heavy (non-hydrogen) atoms. The molecule has 17 N–H and O–H groups in total. The highest BCUT2D eigenvalue weighted by atomic mass is 16.3. The van der Waals surface area contributed by atoms with Crippen LogP contribution in [0.4, 0.5) is 0 Å². The third-order valence-corrected chi connectivity index (χ3v) is 13.0. The van der Waals surface area contributed by atoms with Crippen LogP contribution in [0.25, 0.3) is 0 Å². The molecule has 8 atom stereocenters. The Morgan fingerprint density at radius 1 is 0.539 bits per heavy atom. The summed E-state index contributed by atoms with van der Waals surface area (Å²) in [6.45, 7) is 1.06. The highest BCUT2D eigenvalue weighted by Gasteiger charge is 2.41. The molecule has 0 spiro atoms. The predicted molar refractivity (Wildman–Crippen MR) is 273 cm³/mol. The van der Waals surface area contributed by atoms with Gasteiger partial charge in [0.1, 0.15) is 48.0 Å². The lowest BCUT2D eigenvalue weighted by Crippen LogP contribution is -2.60. The fraction of sp³-hybridized carbons (Fsp3) is 0.640. The maximum Gasteiger partial charge on any atom is 0.245 e. The van der Waals surface area contributed by atoms with Crippen molar-refractivity contribution < 1.29 is 67.7 Å². The average molecular weight is 1070 g/mol. The van der Waals surface area contributed by atoms with Gasteiger partial charge in [0, 0.05) is 31.8 Å². The lowest BCUT2D eigenvalue weighted by atomic mass is 10.0. The van der Waals surface area contributed by atoms with Crippen molar-refractivity contribution in [1.29, 1.82) is 0 Å². The number of phenolic OH excluding ortho intramolecular Hbond substituents is 1. The topological polar surface area (TPSA) is 437 Å². The Bertz CT molecular complexity index is 2200. The van der Waals surface area contributed by atoms with E-state index in [1.54, 1.807) is 0 Å². The number of fused-ring (bicyclic) bond motifs is 1. The number of rotatable bonds is 24. The Hall–Kier alpha value is -7.38. The first-order valence-corrected chi connectivity index (χ1v) is 26.1. The van der Waals surface area contributed by atoms with Gasteiger partial charge in [-0.05, 0) is 43.4 Å². The van der Waals surface area contributed by atoms with E-state index in [2.05, 4.69) is 44.1 Å². The van der Waals surface area contributed by atoms with Gasteiger partial charge in [-0.1, -0.05) is 89.7 Å². The number of hydrogen-bond acceptors (Lipinski definition) is 14. The molecule has 12 amide bonds. The van der Waals surface area contributed by atoms with Gasteiger partial charge in [-0.25, -0.2) is 0 Å². The van der Waals surface area contributed by atoms with E-state index in [9.17, 15) is 67.7 Å². The number of aliphatic hydroxyl groups is 1. The molecule has 1 aromatic rings. The van der Waals surface area contributed by atoms with Crippen molar-refractivity contribution in [1.82, 2.24) is 42.1 Å². The number of benzene rings is 1. The third kappa shape index (κ3) is 22.6. The number of aliphatic hydroxyl groups excluding tert-OH is 1. The van der Waals surface area contributed by atoms with Crippen LogP contribution in [-0.4, -0.2) is 147 Å². The number of nitrogens with one attached hydrogen (secondary N) is 7. The molecule has 2 heterocycles. The number of aromatic hydroxyl groups is 1. The quantitative estimate of drug-likeness (QED) is 0.0469. The first-order chi connectivity index (χ1) is 36.1. The molecular formula is C50H78N12O14. The highest BCUT2D eigenvalue weighted by molar-refractivity contribution is 6.00. The fourth-order valence-corrected chi connectivity index (χ4v) is 8.97. The molecule has 1 unspecified atom stereocenters. The molecule has 3 rings (SSSR count). The maximum atomic E-state index is 14.3. The summed E-state index contributed by atoms with van der Waals surface area (Å²) in [4.78, 5) is 162. The van der Waals surface area contributed by atoms with Gasteiger partial charge in [0.2, 0.25) is 70.9 Å². The summed E-state index contributed by atoms with van der Waals surface area (Å²) in [6, 6.07) is -7.34. The molecule has 422 valence electrons. The Morgan fingerprint density at radius 2 is 0.987 bits per heavy atom. The van der Waals surface area contributed by atoms with E-state index in [-0.39, 0.29) is 38.0 Å². The molecule has 2 aliphatic heterocycles. The molecular weight excluding hydrogens is 993 g/mol. The lowest BCUT2D eigenvalue weighted by molar-refractivity contribution is -0.143. The molecule has 0 aliphatic carbocycles. The first-order valence-electron chi connectivity index (χ1n) is 26.1. The van der Waals surface area contributed by atoms with Crippen LogP contribution in [0.15, 0.2) is 24.3 Å². The van der Waals surface area contributed by atoms with E-state index in [1.807, 2.05) is 0 Å². The predicted octanol–water partition coefficient (Wildman–Crippen LogP) is -2.69. The first kappa shape index (κ1) is 62.9. The second kappa shape index (κ2) is 32.8.